The fourth-order valence-electron chi connectivity index (χ4n) is 1.11. The maximum atomic E-state index is 10.5. The van der Waals surface area contributed by atoms with Gasteiger partial charge in [0.05, 0.1) is 9.86 Å². The van der Waals surface area contributed by atoms with E-state index in [4.69, 9.17) is 10.3 Å². The Kier molecular flexibility index (Phi) is 1.81. The first kappa shape index (κ1) is 8.25. The van der Waals surface area contributed by atoms with Crippen LogP contribution in [0.25, 0.3) is 11.0 Å². The van der Waals surface area contributed by atoms with E-state index in [1.807, 2.05) is 0 Å². The highest BCUT2D eigenvalue weighted by Gasteiger charge is 2.09. The lowest BCUT2D eigenvalue weighted by Crippen LogP contribution is -1.85. The van der Waals surface area contributed by atoms with E-state index in [0.717, 1.165) is 6.29 Å². The van der Waals surface area contributed by atoms with Gasteiger partial charge in [0.1, 0.15) is 6.29 Å². The number of halogens is 1. The summed E-state index contributed by atoms with van der Waals surface area (Å²) in [6.45, 7) is 0. The predicted molar refractivity (Wildman–Crippen MR) is 51.5 cm³/mol. The number of aldehydes is 1. The molecule has 0 aliphatic heterocycles. The van der Waals surface area contributed by atoms with Gasteiger partial charge in [-0.2, -0.15) is 0 Å². The third-order valence-corrected chi connectivity index (χ3v) is 2.30. The highest BCUT2D eigenvalue weighted by molar-refractivity contribution is 9.10. The van der Waals surface area contributed by atoms with Crippen LogP contribution in [0.1, 0.15) is 10.4 Å². The number of nitrogen functional groups attached to an aromatic ring is 1. The summed E-state index contributed by atoms with van der Waals surface area (Å²) in [5, 5.41) is 4.24. The first-order valence-electron chi connectivity index (χ1n) is 3.52. The van der Waals surface area contributed by atoms with Gasteiger partial charge < -0.3 is 10.3 Å². The molecule has 0 unspecified atom stereocenters. The Balaban J connectivity index is 2.87. The second-order valence-corrected chi connectivity index (χ2v) is 3.42. The maximum absolute atomic E-state index is 10.5. The van der Waals surface area contributed by atoms with Crippen molar-refractivity contribution in [3.8, 4) is 0 Å². The van der Waals surface area contributed by atoms with Gasteiger partial charge in [0, 0.05) is 5.56 Å². The molecule has 1 heterocycles. The molecule has 2 N–H and O–H groups in total. The van der Waals surface area contributed by atoms with Crippen molar-refractivity contribution in [2.45, 2.75) is 0 Å². The maximum Gasteiger partial charge on any atom is 0.183 e. The van der Waals surface area contributed by atoms with Gasteiger partial charge in [0.2, 0.25) is 0 Å². The lowest BCUT2D eigenvalue weighted by atomic mass is 10.2. The Hall–Kier alpha value is -1.36. The highest BCUT2D eigenvalue weighted by atomic mass is 79.9. The number of aromatic nitrogens is 1. The van der Waals surface area contributed by atoms with E-state index >= 15 is 0 Å². The fourth-order valence-corrected chi connectivity index (χ4v) is 1.66. The molecule has 2 rings (SSSR count). The Morgan fingerprint density at radius 2 is 2.31 bits per heavy atom. The van der Waals surface area contributed by atoms with Crippen LogP contribution in [0.2, 0.25) is 0 Å². The van der Waals surface area contributed by atoms with Crippen molar-refractivity contribution < 1.29 is 9.32 Å². The predicted octanol–water partition coefficient (Wildman–Crippen LogP) is 1.98. The van der Waals surface area contributed by atoms with E-state index in [-0.39, 0.29) is 0 Å². The molecule has 0 spiro atoms. The molecule has 4 nitrogen and oxygen atoms in total. The zero-order chi connectivity index (χ0) is 9.42. The summed E-state index contributed by atoms with van der Waals surface area (Å²) in [6, 6.07) is 3.29. The summed E-state index contributed by atoms with van der Waals surface area (Å²) in [7, 11) is 0. The van der Waals surface area contributed by atoms with Gasteiger partial charge in [-0.25, -0.2) is 0 Å². The largest absolute Gasteiger partial charge is 0.380 e. The smallest absolute Gasteiger partial charge is 0.183 e. The van der Waals surface area contributed by atoms with Crippen LogP contribution >= 0.6 is 15.9 Å². The van der Waals surface area contributed by atoms with Crippen LogP contribution in [-0.4, -0.2) is 11.4 Å². The third kappa shape index (κ3) is 1.21. The van der Waals surface area contributed by atoms with E-state index in [1.165, 1.54) is 0 Å². The summed E-state index contributed by atoms with van der Waals surface area (Å²) < 4.78 is 5.62. The lowest BCUT2D eigenvalue weighted by molar-refractivity contribution is 0.112. The quantitative estimate of drug-likeness (QED) is 0.775. The number of hydrogen-bond donors (Lipinski definition) is 1. The van der Waals surface area contributed by atoms with E-state index < -0.39 is 0 Å². The molecule has 0 aliphatic carbocycles. The normalized spacial score (nSPS) is 10.5. The van der Waals surface area contributed by atoms with Crippen LogP contribution in [0.5, 0.6) is 0 Å². The lowest BCUT2D eigenvalue weighted by Gasteiger charge is -1.93. The first-order chi connectivity index (χ1) is 6.22. The average Bonchev–Trinajstić information content (AvgIpc) is 2.48. The molecule has 2 aromatic rings. The van der Waals surface area contributed by atoms with Crippen molar-refractivity contribution in [1.29, 1.82) is 0 Å². The van der Waals surface area contributed by atoms with E-state index in [1.54, 1.807) is 12.1 Å². The van der Waals surface area contributed by atoms with Crippen molar-refractivity contribution >= 4 is 39.0 Å². The van der Waals surface area contributed by atoms with Crippen LogP contribution in [0.15, 0.2) is 21.1 Å². The Morgan fingerprint density at radius 3 is 3.00 bits per heavy atom. The zero-order valence-corrected chi connectivity index (χ0v) is 8.04. The van der Waals surface area contributed by atoms with Crippen molar-refractivity contribution in [2.75, 3.05) is 5.73 Å². The number of nitrogens with zero attached hydrogens (tertiary/aromatic N) is 1. The fraction of sp³-hybridized carbons (Fsp3) is 0. The number of fused-ring (bicyclic) bond motifs is 1. The summed E-state index contributed by atoms with van der Waals surface area (Å²) >= 11 is 3.25. The van der Waals surface area contributed by atoms with E-state index in [2.05, 4.69) is 21.1 Å². The van der Waals surface area contributed by atoms with E-state index in [9.17, 15) is 4.79 Å². The zero-order valence-electron chi connectivity index (χ0n) is 6.45. The molecule has 1 aromatic carbocycles. The Labute approximate surface area is 81.8 Å². The molecule has 0 atom stereocenters. The van der Waals surface area contributed by atoms with Crippen LogP contribution in [-0.2, 0) is 0 Å². The minimum atomic E-state index is 0.291. The number of anilines is 1. The molecule has 0 saturated carbocycles. The number of rotatable bonds is 1. The van der Waals surface area contributed by atoms with Gasteiger partial charge in [-0.1, -0.05) is 5.16 Å². The van der Waals surface area contributed by atoms with Crippen molar-refractivity contribution in [3.05, 3.63) is 22.2 Å². The number of carbonyl (C=O) groups excluding carboxylic acids is 1. The summed E-state index contributed by atoms with van der Waals surface area (Å²) in [5.74, 6) is 0.291. The summed E-state index contributed by atoms with van der Waals surface area (Å²) in [4.78, 5) is 10.5. The SMILES string of the molecule is Nc1noc2c(Br)cc(C=O)cc12. The minimum Gasteiger partial charge on any atom is -0.380 e. The van der Waals surface area contributed by atoms with Crippen molar-refractivity contribution in [2.24, 2.45) is 0 Å². The van der Waals surface area contributed by atoms with Crippen molar-refractivity contribution in [1.82, 2.24) is 5.16 Å². The monoisotopic (exact) mass is 240 g/mol. The number of nitrogens with two attached hydrogens (primary N) is 1. The van der Waals surface area contributed by atoms with Gasteiger partial charge in [0.15, 0.2) is 11.4 Å². The molecular weight excluding hydrogens is 236 g/mol. The first-order valence-corrected chi connectivity index (χ1v) is 4.31. The molecule has 5 heteroatoms. The molecule has 1 aromatic heterocycles. The Bertz CT molecular complexity index is 478. The van der Waals surface area contributed by atoms with E-state index in [0.29, 0.717) is 26.8 Å². The topological polar surface area (TPSA) is 69.1 Å². The van der Waals surface area contributed by atoms with Gasteiger partial charge in [0.25, 0.3) is 0 Å². The second kappa shape index (κ2) is 2.85. The number of carbonyl (C=O) groups is 1. The van der Waals surface area contributed by atoms with Crippen molar-refractivity contribution in [3.63, 3.8) is 0 Å². The number of hydrogen-bond acceptors (Lipinski definition) is 4. The van der Waals surface area contributed by atoms with Gasteiger partial charge in [-0.3, -0.25) is 4.79 Å². The van der Waals surface area contributed by atoms with Gasteiger partial charge in [-0.15, -0.1) is 0 Å². The summed E-state index contributed by atoms with van der Waals surface area (Å²) in [6.07, 6.45) is 0.747. The van der Waals surface area contributed by atoms with Crippen LogP contribution in [0, 0.1) is 0 Å². The molecule has 0 aliphatic rings. The van der Waals surface area contributed by atoms with Crippen LogP contribution in [0.3, 0.4) is 0 Å². The van der Waals surface area contributed by atoms with Crippen LogP contribution < -0.4 is 5.73 Å². The number of benzene rings is 1. The summed E-state index contributed by atoms with van der Waals surface area (Å²) in [5.41, 5.74) is 6.62. The third-order valence-electron chi connectivity index (χ3n) is 1.71. The van der Waals surface area contributed by atoms with Gasteiger partial charge in [-0.05, 0) is 28.1 Å². The molecule has 0 fully saturated rings. The second-order valence-electron chi connectivity index (χ2n) is 2.57. The molecule has 0 amide bonds. The molecule has 0 radical (unpaired) electrons. The molecule has 66 valence electrons. The van der Waals surface area contributed by atoms with Gasteiger partial charge >= 0.3 is 0 Å². The molecular formula is C8H5BrN2O2. The minimum absolute atomic E-state index is 0.291. The molecule has 0 bridgehead atoms. The Morgan fingerprint density at radius 1 is 1.54 bits per heavy atom. The molecule has 13 heavy (non-hydrogen) atoms. The molecule has 0 saturated heterocycles. The standard InChI is InChI=1S/C8H5BrN2O2/c9-6-2-4(3-12)1-5-7(6)13-11-8(5)10/h1-3H,(H2,10,11). The average molecular weight is 241 g/mol. The highest BCUT2D eigenvalue weighted by Crippen LogP contribution is 2.28. The van der Waals surface area contributed by atoms with Crippen LogP contribution in [0.4, 0.5) is 5.82 Å².